The van der Waals surface area contributed by atoms with Gasteiger partial charge < -0.3 is 10.2 Å². The fraction of sp³-hybridized carbons (Fsp3) is 0.167. The van der Waals surface area contributed by atoms with E-state index in [2.05, 4.69) is 0 Å². The number of hydrogen-bond acceptors (Lipinski definition) is 2. The molecule has 1 heterocycles. The molecule has 1 aromatic heterocycles. The van der Waals surface area contributed by atoms with Crippen LogP contribution in [0.1, 0.15) is 5.56 Å². The molecule has 0 fully saturated rings. The molecule has 2 rings (SSSR count). The lowest BCUT2D eigenvalue weighted by Crippen LogP contribution is -2.01. The third-order valence-corrected chi connectivity index (χ3v) is 2.22. The molecule has 0 aliphatic heterocycles. The van der Waals surface area contributed by atoms with Crippen LogP contribution in [-0.4, -0.2) is 6.54 Å². The molecule has 3 heteroatoms. The smallest absolute Gasteiger partial charge is 0.134 e. The van der Waals surface area contributed by atoms with E-state index < -0.39 is 0 Å². The molecule has 0 spiro atoms. The molecule has 2 nitrogen and oxygen atoms in total. The predicted octanol–water partition coefficient (Wildman–Crippen LogP) is 2.59. The lowest BCUT2D eigenvalue weighted by atomic mass is 10.1. The second-order valence-electron chi connectivity index (χ2n) is 3.36. The van der Waals surface area contributed by atoms with Gasteiger partial charge in [0.25, 0.3) is 0 Å². The lowest BCUT2D eigenvalue weighted by molar-refractivity contribution is 0.578. The standard InChI is InChI=1S/C12H12FNO/c13-11-3-1-10(2-4-11)12-7-9(5-6-14)8-15-12/h1-4,7-8H,5-6,14H2. The fourth-order valence-corrected chi connectivity index (χ4v) is 1.44. The number of rotatable bonds is 3. The second kappa shape index (κ2) is 4.28. The van der Waals surface area contributed by atoms with E-state index in [0.717, 1.165) is 23.3 Å². The van der Waals surface area contributed by atoms with Gasteiger partial charge in [0.2, 0.25) is 0 Å². The average Bonchev–Trinajstić information content (AvgIpc) is 2.68. The SMILES string of the molecule is NCCc1coc(-c2ccc(F)cc2)c1. The Hall–Kier alpha value is -1.61. The molecule has 0 saturated heterocycles. The van der Waals surface area contributed by atoms with Crippen molar-refractivity contribution in [3.63, 3.8) is 0 Å². The molecule has 0 bridgehead atoms. The van der Waals surface area contributed by atoms with Gasteiger partial charge in [-0.25, -0.2) is 4.39 Å². The molecule has 2 N–H and O–H groups in total. The second-order valence-corrected chi connectivity index (χ2v) is 3.36. The number of hydrogen-bond donors (Lipinski definition) is 1. The van der Waals surface area contributed by atoms with Gasteiger partial charge in [-0.1, -0.05) is 0 Å². The van der Waals surface area contributed by atoms with Gasteiger partial charge in [0.1, 0.15) is 11.6 Å². The first-order chi connectivity index (χ1) is 7.29. The van der Waals surface area contributed by atoms with E-state index >= 15 is 0 Å². The summed E-state index contributed by atoms with van der Waals surface area (Å²) in [5, 5.41) is 0. The maximum atomic E-state index is 12.7. The fourth-order valence-electron chi connectivity index (χ4n) is 1.44. The van der Waals surface area contributed by atoms with E-state index in [1.54, 1.807) is 18.4 Å². The molecule has 0 atom stereocenters. The molecular formula is C12H12FNO. The van der Waals surface area contributed by atoms with E-state index in [0.29, 0.717) is 6.54 Å². The number of nitrogens with two attached hydrogens (primary N) is 1. The summed E-state index contributed by atoms with van der Waals surface area (Å²) < 4.78 is 18.0. The van der Waals surface area contributed by atoms with Gasteiger partial charge in [-0.2, -0.15) is 0 Å². The van der Waals surface area contributed by atoms with Gasteiger partial charge in [0.15, 0.2) is 0 Å². The highest BCUT2D eigenvalue weighted by Gasteiger charge is 2.03. The zero-order valence-electron chi connectivity index (χ0n) is 8.24. The highest BCUT2D eigenvalue weighted by Crippen LogP contribution is 2.22. The van der Waals surface area contributed by atoms with Gasteiger partial charge >= 0.3 is 0 Å². The van der Waals surface area contributed by atoms with Crippen LogP contribution in [0.25, 0.3) is 11.3 Å². The Morgan fingerprint density at radius 1 is 1.20 bits per heavy atom. The van der Waals surface area contributed by atoms with Crippen molar-refractivity contribution in [1.82, 2.24) is 0 Å². The Labute approximate surface area is 87.5 Å². The molecule has 0 aliphatic carbocycles. The van der Waals surface area contributed by atoms with Crippen LogP contribution in [0.15, 0.2) is 41.0 Å². The van der Waals surface area contributed by atoms with Crippen molar-refractivity contribution in [3.8, 4) is 11.3 Å². The minimum Gasteiger partial charge on any atom is -0.464 e. The lowest BCUT2D eigenvalue weighted by Gasteiger charge is -1.94. The Kier molecular flexibility index (Phi) is 2.83. The van der Waals surface area contributed by atoms with Crippen LogP contribution in [0.3, 0.4) is 0 Å². The monoisotopic (exact) mass is 205 g/mol. The van der Waals surface area contributed by atoms with E-state index in [1.165, 1.54) is 12.1 Å². The van der Waals surface area contributed by atoms with Gasteiger partial charge in [0, 0.05) is 5.56 Å². The van der Waals surface area contributed by atoms with Crippen LogP contribution in [0.4, 0.5) is 4.39 Å². The summed E-state index contributed by atoms with van der Waals surface area (Å²) in [6, 6.07) is 8.15. The van der Waals surface area contributed by atoms with E-state index in [4.69, 9.17) is 10.2 Å². The van der Waals surface area contributed by atoms with Crippen molar-refractivity contribution in [1.29, 1.82) is 0 Å². The molecule has 0 saturated carbocycles. The molecule has 1 aromatic carbocycles. The minimum absolute atomic E-state index is 0.243. The first-order valence-electron chi connectivity index (χ1n) is 4.83. The molecule has 0 unspecified atom stereocenters. The molecule has 2 aromatic rings. The average molecular weight is 205 g/mol. The summed E-state index contributed by atoms with van der Waals surface area (Å²) in [5.74, 6) is 0.505. The number of halogens is 1. The third kappa shape index (κ3) is 2.25. The van der Waals surface area contributed by atoms with Crippen molar-refractivity contribution in [3.05, 3.63) is 48.0 Å². The quantitative estimate of drug-likeness (QED) is 0.836. The molecule has 78 valence electrons. The Morgan fingerprint density at radius 3 is 2.60 bits per heavy atom. The first kappa shape index (κ1) is 9.93. The maximum Gasteiger partial charge on any atom is 0.134 e. The van der Waals surface area contributed by atoms with Crippen LogP contribution < -0.4 is 5.73 Å². The van der Waals surface area contributed by atoms with Crippen LogP contribution in [0.5, 0.6) is 0 Å². The summed E-state index contributed by atoms with van der Waals surface area (Å²) in [4.78, 5) is 0. The van der Waals surface area contributed by atoms with Gasteiger partial charge in [0.05, 0.1) is 6.26 Å². The summed E-state index contributed by atoms with van der Waals surface area (Å²) in [6.45, 7) is 0.600. The highest BCUT2D eigenvalue weighted by atomic mass is 19.1. The molecule has 0 aliphatic rings. The third-order valence-electron chi connectivity index (χ3n) is 2.22. The van der Waals surface area contributed by atoms with Crippen molar-refractivity contribution in [2.24, 2.45) is 5.73 Å². The van der Waals surface area contributed by atoms with Gasteiger partial charge in [-0.05, 0) is 48.9 Å². The summed E-state index contributed by atoms with van der Waals surface area (Å²) >= 11 is 0. The van der Waals surface area contributed by atoms with Gasteiger partial charge in [-0.15, -0.1) is 0 Å². The maximum absolute atomic E-state index is 12.7. The predicted molar refractivity (Wildman–Crippen MR) is 56.9 cm³/mol. The molecule has 0 radical (unpaired) electrons. The largest absolute Gasteiger partial charge is 0.464 e. The van der Waals surface area contributed by atoms with E-state index in [9.17, 15) is 4.39 Å². The number of furan rings is 1. The minimum atomic E-state index is -0.243. The summed E-state index contributed by atoms with van der Waals surface area (Å²) in [6.07, 6.45) is 2.48. The Bertz CT molecular complexity index is 433. The zero-order chi connectivity index (χ0) is 10.7. The van der Waals surface area contributed by atoms with Crippen molar-refractivity contribution >= 4 is 0 Å². The normalized spacial score (nSPS) is 10.5. The Balaban J connectivity index is 2.25. The first-order valence-corrected chi connectivity index (χ1v) is 4.83. The van der Waals surface area contributed by atoms with Gasteiger partial charge in [-0.3, -0.25) is 0 Å². The summed E-state index contributed by atoms with van der Waals surface area (Å²) in [7, 11) is 0. The Morgan fingerprint density at radius 2 is 1.93 bits per heavy atom. The molecule has 15 heavy (non-hydrogen) atoms. The van der Waals surface area contributed by atoms with Crippen LogP contribution >= 0.6 is 0 Å². The van der Waals surface area contributed by atoms with Crippen LogP contribution in [-0.2, 0) is 6.42 Å². The van der Waals surface area contributed by atoms with E-state index in [1.807, 2.05) is 6.07 Å². The van der Waals surface area contributed by atoms with E-state index in [-0.39, 0.29) is 5.82 Å². The molecular weight excluding hydrogens is 193 g/mol. The number of benzene rings is 1. The van der Waals surface area contributed by atoms with Crippen molar-refractivity contribution in [2.75, 3.05) is 6.54 Å². The van der Waals surface area contributed by atoms with Crippen molar-refractivity contribution in [2.45, 2.75) is 6.42 Å². The van der Waals surface area contributed by atoms with Crippen molar-refractivity contribution < 1.29 is 8.81 Å². The molecule has 0 amide bonds. The summed E-state index contributed by atoms with van der Waals surface area (Å²) in [5.41, 5.74) is 7.38. The zero-order valence-corrected chi connectivity index (χ0v) is 8.24. The van der Waals surface area contributed by atoms with Crippen LogP contribution in [0.2, 0.25) is 0 Å². The topological polar surface area (TPSA) is 39.2 Å². The highest BCUT2D eigenvalue weighted by molar-refractivity contribution is 5.57. The van der Waals surface area contributed by atoms with Crippen LogP contribution in [0, 0.1) is 5.82 Å².